The molecule has 0 bridgehead atoms. The molecule has 1 amide bonds. The lowest BCUT2D eigenvalue weighted by Gasteiger charge is -2.04. The average molecular weight is 299 g/mol. The van der Waals surface area contributed by atoms with E-state index in [1.54, 1.807) is 29.2 Å². The Labute approximate surface area is 125 Å². The zero-order valence-electron chi connectivity index (χ0n) is 11.3. The van der Waals surface area contributed by atoms with Crippen LogP contribution in [0.15, 0.2) is 42.7 Å². The lowest BCUT2D eigenvalue weighted by atomic mass is 10.3. The van der Waals surface area contributed by atoms with Gasteiger partial charge in [0.05, 0.1) is 11.4 Å². The second-order valence-electron chi connectivity index (χ2n) is 4.43. The number of carbonyl (C=O) groups excluding carboxylic acids is 1. The maximum atomic E-state index is 12.1. The number of aryl methyl sites for hydroxylation is 1. The van der Waals surface area contributed by atoms with Crippen molar-refractivity contribution < 1.29 is 4.79 Å². The molecule has 21 heavy (non-hydrogen) atoms. The molecule has 0 spiro atoms. The first kappa shape index (κ1) is 13.3. The lowest BCUT2D eigenvalue weighted by Crippen LogP contribution is -2.13. The molecule has 2 heterocycles. The normalized spacial score (nSPS) is 10.5. The maximum Gasteiger partial charge on any atom is 0.277 e. The molecule has 106 valence electrons. The van der Waals surface area contributed by atoms with Crippen LogP contribution >= 0.6 is 11.3 Å². The van der Waals surface area contributed by atoms with Crippen molar-refractivity contribution >= 4 is 28.1 Å². The summed E-state index contributed by atoms with van der Waals surface area (Å²) in [6, 6.07) is 8.98. The maximum absolute atomic E-state index is 12.1. The van der Waals surface area contributed by atoms with Crippen LogP contribution in [0.1, 0.15) is 15.4 Å². The quantitative estimate of drug-likeness (QED) is 0.727. The van der Waals surface area contributed by atoms with Crippen LogP contribution in [0.25, 0.3) is 5.69 Å². The number of thiazole rings is 1. The molecule has 0 atom stereocenters. The fraction of sp³-hybridized carbons (Fsp3) is 0.0714. The van der Waals surface area contributed by atoms with Crippen LogP contribution in [0.2, 0.25) is 0 Å². The minimum Gasteiger partial charge on any atom is -0.397 e. The van der Waals surface area contributed by atoms with Gasteiger partial charge in [-0.25, -0.2) is 9.67 Å². The second-order valence-corrected chi connectivity index (χ2v) is 5.67. The summed E-state index contributed by atoms with van der Waals surface area (Å²) < 4.78 is 1.58. The van der Waals surface area contributed by atoms with E-state index in [1.807, 2.05) is 25.1 Å². The van der Waals surface area contributed by atoms with E-state index in [0.29, 0.717) is 16.5 Å². The number of hydrogen-bond donors (Lipinski definition) is 2. The van der Waals surface area contributed by atoms with Crippen LogP contribution in [-0.2, 0) is 0 Å². The lowest BCUT2D eigenvalue weighted by molar-refractivity contribution is 0.102. The Morgan fingerprint density at radius 2 is 2.14 bits per heavy atom. The largest absolute Gasteiger partial charge is 0.397 e. The highest BCUT2D eigenvalue weighted by Gasteiger charge is 2.12. The molecule has 0 unspecified atom stereocenters. The average Bonchev–Trinajstić information content (AvgIpc) is 3.09. The van der Waals surface area contributed by atoms with E-state index in [2.05, 4.69) is 15.4 Å². The molecule has 0 aliphatic heterocycles. The molecule has 1 aromatic carbocycles. The summed E-state index contributed by atoms with van der Waals surface area (Å²) >= 11 is 1.42. The SMILES string of the molecule is Cc1cnc(NC(=O)c2ccn(-c3ccccc3N)n2)s1. The van der Waals surface area contributed by atoms with E-state index in [0.717, 1.165) is 10.6 Å². The van der Waals surface area contributed by atoms with Crippen LogP contribution < -0.4 is 11.1 Å². The van der Waals surface area contributed by atoms with Gasteiger partial charge in [-0.2, -0.15) is 5.10 Å². The summed E-state index contributed by atoms with van der Waals surface area (Å²) in [6.07, 6.45) is 3.41. The first-order valence-corrected chi connectivity index (χ1v) is 7.09. The second kappa shape index (κ2) is 5.37. The van der Waals surface area contributed by atoms with E-state index in [1.165, 1.54) is 11.3 Å². The van der Waals surface area contributed by atoms with Crippen LogP contribution in [0, 0.1) is 6.92 Å². The van der Waals surface area contributed by atoms with Gasteiger partial charge in [-0.1, -0.05) is 12.1 Å². The topological polar surface area (TPSA) is 85.8 Å². The fourth-order valence-corrected chi connectivity index (χ4v) is 2.51. The summed E-state index contributed by atoms with van der Waals surface area (Å²) in [6.45, 7) is 1.93. The van der Waals surface area contributed by atoms with Crippen LogP contribution in [0.5, 0.6) is 0 Å². The molecule has 2 aromatic heterocycles. The van der Waals surface area contributed by atoms with Gasteiger partial charge in [-0.15, -0.1) is 11.3 Å². The van der Waals surface area contributed by atoms with Gasteiger partial charge in [-0.3, -0.25) is 10.1 Å². The zero-order valence-corrected chi connectivity index (χ0v) is 12.1. The van der Waals surface area contributed by atoms with E-state index in [9.17, 15) is 4.79 Å². The van der Waals surface area contributed by atoms with Gasteiger partial charge in [0.1, 0.15) is 0 Å². The summed E-state index contributed by atoms with van der Waals surface area (Å²) in [4.78, 5) is 17.2. The highest BCUT2D eigenvalue weighted by Crippen LogP contribution is 2.18. The number of carbonyl (C=O) groups is 1. The van der Waals surface area contributed by atoms with Gasteiger partial charge in [-0.05, 0) is 25.1 Å². The molecular weight excluding hydrogens is 286 g/mol. The predicted molar refractivity (Wildman–Crippen MR) is 82.8 cm³/mol. The molecule has 0 radical (unpaired) electrons. The van der Waals surface area contributed by atoms with E-state index < -0.39 is 0 Å². The zero-order chi connectivity index (χ0) is 14.8. The third-order valence-corrected chi connectivity index (χ3v) is 3.68. The van der Waals surface area contributed by atoms with Gasteiger partial charge >= 0.3 is 0 Å². The Kier molecular flexibility index (Phi) is 3.41. The van der Waals surface area contributed by atoms with E-state index >= 15 is 0 Å². The first-order valence-electron chi connectivity index (χ1n) is 6.28. The number of nitrogen functional groups attached to an aromatic ring is 1. The molecule has 0 aliphatic carbocycles. The Morgan fingerprint density at radius 3 is 2.86 bits per heavy atom. The van der Waals surface area contributed by atoms with Crippen molar-refractivity contribution in [3.63, 3.8) is 0 Å². The Bertz CT molecular complexity index is 792. The van der Waals surface area contributed by atoms with E-state index in [4.69, 9.17) is 5.73 Å². The number of nitrogens with two attached hydrogens (primary N) is 1. The number of benzene rings is 1. The Hall–Kier alpha value is -2.67. The predicted octanol–water partition coefficient (Wildman–Crippen LogP) is 2.47. The van der Waals surface area contributed by atoms with Crippen molar-refractivity contribution in [2.75, 3.05) is 11.1 Å². The molecule has 0 saturated heterocycles. The molecule has 7 heteroatoms. The van der Waals surface area contributed by atoms with Crippen molar-refractivity contribution in [1.82, 2.24) is 14.8 Å². The summed E-state index contributed by atoms with van der Waals surface area (Å²) in [5.41, 5.74) is 7.54. The van der Waals surface area contributed by atoms with Gasteiger partial charge in [0.25, 0.3) is 5.91 Å². The molecule has 3 rings (SSSR count). The highest BCUT2D eigenvalue weighted by atomic mass is 32.1. The minimum absolute atomic E-state index is 0.294. The van der Waals surface area contributed by atoms with Crippen LogP contribution in [0.3, 0.4) is 0 Å². The summed E-state index contributed by atoms with van der Waals surface area (Å²) in [5, 5.41) is 7.53. The van der Waals surface area contributed by atoms with Gasteiger partial charge in [0.2, 0.25) is 0 Å². The minimum atomic E-state index is -0.294. The van der Waals surface area contributed by atoms with Crippen molar-refractivity contribution in [1.29, 1.82) is 0 Å². The van der Waals surface area contributed by atoms with Crippen LogP contribution in [0.4, 0.5) is 10.8 Å². The van der Waals surface area contributed by atoms with E-state index in [-0.39, 0.29) is 5.91 Å². The standard InChI is InChI=1S/C14H13N5OS/c1-9-8-16-14(21-9)17-13(20)11-6-7-19(18-11)12-5-3-2-4-10(12)15/h2-8H,15H2,1H3,(H,16,17,20). The van der Waals surface area contributed by atoms with Gasteiger partial charge in [0, 0.05) is 17.3 Å². The summed E-state index contributed by atoms with van der Waals surface area (Å²) in [5.74, 6) is -0.294. The van der Waals surface area contributed by atoms with Crippen molar-refractivity contribution in [3.8, 4) is 5.69 Å². The summed E-state index contributed by atoms with van der Waals surface area (Å²) in [7, 11) is 0. The smallest absolute Gasteiger partial charge is 0.277 e. The number of hydrogen-bond acceptors (Lipinski definition) is 5. The molecule has 6 nitrogen and oxygen atoms in total. The van der Waals surface area contributed by atoms with Crippen molar-refractivity contribution in [3.05, 3.63) is 53.3 Å². The molecular formula is C14H13N5OS. The Balaban J connectivity index is 1.82. The Morgan fingerprint density at radius 1 is 1.33 bits per heavy atom. The number of rotatable bonds is 3. The number of amides is 1. The molecule has 3 aromatic rings. The number of anilines is 2. The fourth-order valence-electron chi connectivity index (χ4n) is 1.85. The number of para-hydroxylation sites is 2. The number of aromatic nitrogens is 3. The third-order valence-electron chi connectivity index (χ3n) is 2.85. The molecule has 3 N–H and O–H groups in total. The van der Waals surface area contributed by atoms with Crippen LogP contribution in [-0.4, -0.2) is 20.7 Å². The number of nitrogens with one attached hydrogen (secondary N) is 1. The molecule has 0 fully saturated rings. The van der Waals surface area contributed by atoms with Crippen molar-refractivity contribution in [2.24, 2.45) is 0 Å². The molecule has 0 aliphatic rings. The first-order chi connectivity index (χ1) is 10.1. The number of nitrogens with zero attached hydrogens (tertiary/aromatic N) is 3. The monoisotopic (exact) mass is 299 g/mol. The van der Waals surface area contributed by atoms with Gasteiger partial charge < -0.3 is 5.73 Å². The van der Waals surface area contributed by atoms with Crippen molar-refractivity contribution in [2.45, 2.75) is 6.92 Å². The molecule has 0 saturated carbocycles. The third kappa shape index (κ3) is 2.77. The highest BCUT2D eigenvalue weighted by molar-refractivity contribution is 7.15. The van der Waals surface area contributed by atoms with Gasteiger partial charge in [0.15, 0.2) is 10.8 Å².